The maximum atomic E-state index is 15.6. The molecule has 11 nitrogen and oxygen atoms in total. The Labute approximate surface area is 264 Å². The van der Waals surface area contributed by atoms with Crippen LogP contribution in [0.4, 0.5) is 10.1 Å². The topological polar surface area (TPSA) is 129 Å². The molecule has 12 heteroatoms. The zero-order valence-electron chi connectivity index (χ0n) is 27.0. The van der Waals surface area contributed by atoms with Crippen LogP contribution in [0.2, 0.25) is 0 Å². The summed E-state index contributed by atoms with van der Waals surface area (Å²) in [6, 6.07) is 5.05. The van der Waals surface area contributed by atoms with Gasteiger partial charge in [-0.2, -0.15) is 5.10 Å². The van der Waals surface area contributed by atoms with Gasteiger partial charge in [-0.15, -0.1) is 0 Å². The van der Waals surface area contributed by atoms with Gasteiger partial charge in [-0.1, -0.05) is 32.8 Å². The molecule has 4 amide bonds. The van der Waals surface area contributed by atoms with Crippen molar-refractivity contribution in [3.63, 3.8) is 0 Å². The summed E-state index contributed by atoms with van der Waals surface area (Å²) in [6.07, 6.45) is 5.15. The smallest absolute Gasteiger partial charge is 0.270 e. The molecule has 0 radical (unpaired) electrons. The van der Waals surface area contributed by atoms with Crippen molar-refractivity contribution in [2.45, 2.75) is 72.4 Å². The monoisotopic (exact) mass is 623 g/mol. The van der Waals surface area contributed by atoms with Crippen LogP contribution >= 0.6 is 0 Å². The van der Waals surface area contributed by atoms with E-state index in [9.17, 15) is 19.2 Å². The van der Waals surface area contributed by atoms with E-state index in [4.69, 9.17) is 0 Å². The molecule has 0 bridgehead atoms. The number of piperazine rings is 1. The fourth-order valence-corrected chi connectivity index (χ4v) is 5.92. The highest BCUT2D eigenvalue weighted by atomic mass is 19.1. The van der Waals surface area contributed by atoms with Crippen LogP contribution in [-0.2, 0) is 20.9 Å². The number of nitrogens with one attached hydrogen (secondary N) is 3. The number of nitrogens with zero attached hydrogens (tertiary/aromatic N) is 4. The molecule has 1 aromatic heterocycles. The first-order chi connectivity index (χ1) is 21.5. The number of likely N-dealkylation sites (N-methyl/N-ethyl adjacent to an activating group) is 1. The Morgan fingerprint density at radius 1 is 1.02 bits per heavy atom. The highest BCUT2D eigenvalue weighted by molar-refractivity contribution is 6.04. The molecule has 1 aromatic carbocycles. The first kappa shape index (κ1) is 33.8. The van der Waals surface area contributed by atoms with Crippen molar-refractivity contribution < 1.29 is 23.6 Å². The Bertz CT molecular complexity index is 1420. The van der Waals surface area contributed by atoms with Gasteiger partial charge in [0.05, 0.1) is 5.69 Å². The lowest BCUT2D eigenvalue weighted by molar-refractivity contribution is -0.131. The summed E-state index contributed by atoms with van der Waals surface area (Å²) in [6.45, 7) is 10.4. The van der Waals surface area contributed by atoms with E-state index in [0.717, 1.165) is 25.7 Å². The van der Waals surface area contributed by atoms with Crippen molar-refractivity contribution in [2.75, 3.05) is 38.5 Å². The molecule has 1 saturated heterocycles. The van der Waals surface area contributed by atoms with Crippen molar-refractivity contribution in [3.8, 4) is 0 Å². The Morgan fingerprint density at radius 2 is 1.71 bits per heavy atom. The van der Waals surface area contributed by atoms with Gasteiger partial charge in [0, 0.05) is 45.3 Å². The van der Waals surface area contributed by atoms with Crippen LogP contribution in [0.15, 0.2) is 36.2 Å². The predicted molar refractivity (Wildman–Crippen MR) is 170 cm³/mol. The largest absolute Gasteiger partial charge is 0.339 e. The van der Waals surface area contributed by atoms with E-state index >= 15 is 4.39 Å². The highest BCUT2D eigenvalue weighted by Gasteiger charge is 2.34. The number of hydrogen-bond donors (Lipinski definition) is 3. The number of allylic oxidation sites excluding steroid dienone is 1. The van der Waals surface area contributed by atoms with Crippen LogP contribution in [0.3, 0.4) is 0 Å². The molecule has 45 heavy (non-hydrogen) atoms. The fraction of sp³-hybridized carbons (Fsp3) is 0.545. The van der Waals surface area contributed by atoms with Crippen molar-refractivity contribution >= 4 is 34.9 Å². The second-order valence-electron chi connectivity index (χ2n) is 12.2. The van der Waals surface area contributed by atoms with Crippen LogP contribution < -0.4 is 16.0 Å². The minimum atomic E-state index is -0.858. The van der Waals surface area contributed by atoms with Crippen LogP contribution in [0.1, 0.15) is 75.9 Å². The Kier molecular flexibility index (Phi) is 11.5. The van der Waals surface area contributed by atoms with Crippen LogP contribution in [0.25, 0.3) is 5.57 Å². The maximum Gasteiger partial charge on any atom is 0.270 e. The van der Waals surface area contributed by atoms with Gasteiger partial charge in [-0.3, -0.25) is 23.9 Å². The van der Waals surface area contributed by atoms with E-state index in [0.29, 0.717) is 55.5 Å². The predicted octanol–water partition coefficient (Wildman–Crippen LogP) is 3.64. The van der Waals surface area contributed by atoms with E-state index < -0.39 is 23.7 Å². The molecular weight excluding hydrogens is 577 g/mol. The molecule has 3 N–H and O–H groups in total. The molecule has 1 aliphatic carbocycles. The number of halogens is 1. The van der Waals surface area contributed by atoms with Gasteiger partial charge in [-0.25, -0.2) is 4.39 Å². The maximum absolute atomic E-state index is 15.6. The second kappa shape index (κ2) is 15.3. The van der Waals surface area contributed by atoms with E-state index in [2.05, 4.69) is 32.9 Å². The average Bonchev–Trinajstić information content (AvgIpc) is 3.53. The molecule has 2 aromatic rings. The third-order valence-corrected chi connectivity index (χ3v) is 8.97. The van der Waals surface area contributed by atoms with Gasteiger partial charge in [-0.05, 0) is 74.9 Å². The fourth-order valence-electron chi connectivity index (χ4n) is 5.92. The Hall–Kier alpha value is -4.06. The lowest BCUT2D eigenvalue weighted by Crippen LogP contribution is -2.49. The van der Waals surface area contributed by atoms with Gasteiger partial charge in [0.15, 0.2) is 0 Å². The van der Waals surface area contributed by atoms with E-state index in [1.165, 1.54) is 12.1 Å². The van der Waals surface area contributed by atoms with Gasteiger partial charge in [0.1, 0.15) is 23.3 Å². The highest BCUT2D eigenvalue weighted by Crippen LogP contribution is 2.32. The number of amides is 4. The lowest BCUT2D eigenvalue weighted by atomic mass is 9.79. The molecule has 0 spiro atoms. The molecule has 2 fully saturated rings. The van der Waals surface area contributed by atoms with E-state index in [1.54, 1.807) is 41.8 Å². The molecule has 1 atom stereocenters. The number of rotatable bonds is 10. The second-order valence-corrected chi connectivity index (χ2v) is 12.2. The summed E-state index contributed by atoms with van der Waals surface area (Å²) in [5, 5.41) is 12.5. The van der Waals surface area contributed by atoms with Crippen LogP contribution in [-0.4, -0.2) is 82.5 Å². The molecule has 244 valence electrons. The summed E-state index contributed by atoms with van der Waals surface area (Å²) in [4.78, 5) is 56.5. The molecule has 1 aliphatic heterocycles. The average molecular weight is 624 g/mol. The number of carbonyl (C=O) groups is 4. The number of aryl methyl sites for hydroxylation is 1. The zero-order valence-corrected chi connectivity index (χ0v) is 27.0. The van der Waals surface area contributed by atoms with Gasteiger partial charge < -0.3 is 25.8 Å². The number of carbonyl (C=O) groups excluding carboxylic acids is 4. The van der Waals surface area contributed by atoms with Gasteiger partial charge >= 0.3 is 0 Å². The summed E-state index contributed by atoms with van der Waals surface area (Å²) < 4.78 is 17.1. The summed E-state index contributed by atoms with van der Waals surface area (Å²) in [5.41, 5.74) is 1.26. The lowest BCUT2D eigenvalue weighted by Gasteiger charge is -2.33. The normalized spacial score (nSPS) is 20.2. The van der Waals surface area contributed by atoms with Gasteiger partial charge in [0.25, 0.3) is 11.8 Å². The minimum absolute atomic E-state index is 0.0388. The summed E-state index contributed by atoms with van der Waals surface area (Å²) >= 11 is 0. The minimum Gasteiger partial charge on any atom is -0.339 e. The number of anilines is 1. The molecule has 1 saturated carbocycles. The van der Waals surface area contributed by atoms with Crippen LogP contribution in [0, 0.1) is 17.7 Å². The SMILES string of the molecule is CCC(=O)N/C(C(=O)N1CCN(C)CC1)=C(\C)c1ccc(NC(=O)[C@@H](NC(=O)c2ccnn2CC)C2CCC(C)CC2)c(F)c1. The van der Waals surface area contributed by atoms with Crippen molar-refractivity contribution in [1.82, 2.24) is 30.2 Å². The first-order valence-electron chi connectivity index (χ1n) is 15.9. The molecule has 2 heterocycles. The quantitative estimate of drug-likeness (QED) is 0.347. The van der Waals surface area contributed by atoms with Crippen molar-refractivity contribution in [3.05, 3.63) is 53.2 Å². The third-order valence-electron chi connectivity index (χ3n) is 8.97. The van der Waals surface area contributed by atoms with E-state index in [-0.39, 0.29) is 35.5 Å². The van der Waals surface area contributed by atoms with Crippen molar-refractivity contribution in [1.29, 1.82) is 0 Å². The number of benzene rings is 1. The molecule has 4 rings (SSSR count). The van der Waals surface area contributed by atoms with Crippen molar-refractivity contribution in [2.24, 2.45) is 11.8 Å². The molecule has 2 aliphatic rings. The molecular formula is C33H46FN7O4. The van der Waals surface area contributed by atoms with Gasteiger partial charge in [0.2, 0.25) is 11.8 Å². The number of hydrogen-bond acceptors (Lipinski definition) is 6. The third kappa shape index (κ3) is 8.36. The Morgan fingerprint density at radius 3 is 2.33 bits per heavy atom. The summed E-state index contributed by atoms with van der Waals surface area (Å²) in [7, 11) is 1.99. The Balaban J connectivity index is 1.57. The van der Waals surface area contributed by atoms with Crippen LogP contribution in [0.5, 0.6) is 0 Å². The zero-order chi connectivity index (χ0) is 32.7. The number of aromatic nitrogens is 2. The van der Waals surface area contributed by atoms with E-state index in [1.807, 2.05) is 14.0 Å². The standard InChI is InChI=1S/C33H46FN7O4/c1-6-28(42)37-29(33(45)40-18-16-39(5)17-19-40)22(4)24-12-13-26(25(34)20-24)36-32(44)30(23-10-8-21(3)9-11-23)38-31(43)27-14-15-35-41(27)7-2/h12-15,20-21,23,30H,6-11,16-19H2,1-5H3,(H,36,44)(H,37,42)(H,38,43)/b29-22+/t21?,23?,30-/m0/s1. The summed E-state index contributed by atoms with van der Waals surface area (Å²) in [5.74, 6) is -1.78. The first-order valence-corrected chi connectivity index (χ1v) is 15.9. The molecule has 0 unspecified atom stereocenters.